The molecule has 122 valence electrons. The van der Waals surface area contributed by atoms with E-state index < -0.39 is 23.7 Å². The van der Waals surface area contributed by atoms with Crippen LogP contribution in [0.25, 0.3) is 0 Å². The molecule has 0 aliphatic rings. The van der Waals surface area contributed by atoms with Crippen LogP contribution in [0.5, 0.6) is 5.75 Å². The number of phenolic OH excluding ortho intramolecular Hbond substituents is 1. The minimum absolute atomic E-state index is 0.0171. The zero-order valence-electron chi connectivity index (χ0n) is 13.0. The van der Waals surface area contributed by atoms with Gasteiger partial charge in [-0.15, -0.1) is 0 Å². The normalized spacial score (nSPS) is 12.4. The summed E-state index contributed by atoms with van der Waals surface area (Å²) in [5.41, 5.74) is -0.0908. The Bertz CT molecular complexity index is 553. The molecule has 1 unspecified atom stereocenters. The van der Waals surface area contributed by atoms with Crippen LogP contribution in [0.1, 0.15) is 26.3 Å². The number of benzene rings is 1. The maximum Gasteiger partial charge on any atom is 0.408 e. The van der Waals surface area contributed by atoms with Crippen molar-refractivity contribution in [3.8, 4) is 5.75 Å². The average Bonchev–Trinajstić information content (AvgIpc) is 2.37. The summed E-state index contributed by atoms with van der Waals surface area (Å²) >= 11 is 6.01. The van der Waals surface area contributed by atoms with Crippen LogP contribution < -0.4 is 5.32 Å². The number of phenols is 1. The Labute approximate surface area is 134 Å². The van der Waals surface area contributed by atoms with E-state index in [1.807, 2.05) is 0 Å². The summed E-state index contributed by atoms with van der Waals surface area (Å²) in [4.78, 5) is 23.6. The number of ether oxygens (including phenoxy) is 2. The summed E-state index contributed by atoms with van der Waals surface area (Å²) in [5, 5.41) is 12.1. The molecule has 0 aromatic heterocycles. The first-order valence-electron chi connectivity index (χ1n) is 6.67. The van der Waals surface area contributed by atoms with Gasteiger partial charge in [0.05, 0.1) is 7.11 Å². The Hall–Kier alpha value is -1.95. The number of halogens is 1. The van der Waals surface area contributed by atoms with Crippen molar-refractivity contribution in [1.82, 2.24) is 5.32 Å². The number of aromatic hydroxyl groups is 1. The van der Waals surface area contributed by atoms with Gasteiger partial charge in [0, 0.05) is 11.4 Å². The van der Waals surface area contributed by atoms with Crippen LogP contribution in [-0.4, -0.2) is 35.9 Å². The van der Waals surface area contributed by atoms with Crippen LogP contribution in [0.2, 0.25) is 5.02 Å². The predicted molar refractivity (Wildman–Crippen MR) is 82.0 cm³/mol. The Kier molecular flexibility index (Phi) is 6.05. The van der Waals surface area contributed by atoms with Crippen molar-refractivity contribution < 1.29 is 24.2 Å². The average molecular weight is 330 g/mol. The van der Waals surface area contributed by atoms with E-state index in [-0.39, 0.29) is 12.2 Å². The van der Waals surface area contributed by atoms with E-state index in [9.17, 15) is 14.7 Å². The second kappa shape index (κ2) is 7.35. The molecule has 0 spiro atoms. The minimum Gasteiger partial charge on any atom is -0.508 e. The number of nitrogens with one attached hydrogen (secondary N) is 1. The molecule has 1 amide bonds. The number of rotatable bonds is 4. The number of carbonyl (C=O) groups is 2. The molecule has 1 rings (SSSR count). The maximum absolute atomic E-state index is 11.8. The fourth-order valence-electron chi connectivity index (χ4n) is 1.71. The number of methoxy groups -OCH3 is 1. The van der Waals surface area contributed by atoms with Crippen LogP contribution in [0.15, 0.2) is 18.2 Å². The SMILES string of the molecule is COC(=O)C(Cc1ccc(O)cc1Cl)NC(=O)OC(C)(C)C. The van der Waals surface area contributed by atoms with Crippen molar-refractivity contribution >= 4 is 23.7 Å². The van der Waals surface area contributed by atoms with Crippen molar-refractivity contribution in [1.29, 1.82) is 0 Å². The monoisotopic (exact) mass is 329 g/mol. The van der Waals surface area contributed by atoms with E-state index in [1.165, 1.54) is 19.2 Å². The van der Waals surface area contributed by atoms with E-state index in [2.05, 4.69) is 10.1 Å². The van der Waals surface area contributed by atoms with Crippen molar-refractivity contribution in [2.24, 2.45) is 0 Å². The third kappa shape index (κ3) is 5.81. The number of amides is 1. The number of alkyl carbamates (subject to hydrolysis) is 1. The quantitative estimate of drug-likeness (QED) is 0.829. The van der Waals surface area contributed by atoms with Gasteiger partial charge in [-0.2, -0.15) is 0 Å². The summed E-state index contributed by atoms with van der Waals surface area (Å²) in [7, 11) is 1.23. The van der Waals surface area contributed by atoms with Crippen molar-refractivity contribution in [2.45, 2.75) is 38.8 Å². The molecule has 1 aromatic carbocycles. The Morgan fingerprint density at radius 3 is 2.50 bits per heavy atom. The third-order valence-corrected chi connectivity index (χ3v) is 2.99. The molecule has 0 bridgehead atoms. The van der Waals surface area contributed by atoms with Crippen molar-refractivity contribution in [3.05, 3.63) is 28.8 Å². The lowest BCUT2D eigenvalue weighted by Gasteiger charge is -2.22. The maximum atomic E-state index is 11.8. The lowest BCUT2D eigenvalue weighted by atomic mass is 10.1. The first-order chi connectivity index (χ1) is 10.1. The third-order valence-electron chi connectivity index (χ3n) is 2.64. The Morgan fingerprint density at radius 1 is 1.36 bits per heavy atom. The summed E-state index contributed by atoms with van der Waals surface area (Å²) < 4.78 is 9.80. The summed E-state index contributed by atoms with van der Waals surface area (Å²) in [6.45, 7) is 5.16. The number of hydrogen-bond acceptors (Lipinski definition) is 5. The van der Waals surface area contributed by atoms with E-state index in [0.717, 1.165) is 0 Å². The second-order valence-corrected chi connectivity index (χ2v) is 6.11. The molecular formula is C15H20ClNO5. The van der Waals surface area contributed by atoms with Gasteiger partial charge in [-0.3, -0.25) is 0 Å². The van der Waals surface area contributed by atoms with Gasteiger partial charge in [0.2, 0.25) is 0 Å². The highest BCUT2D eigenvalue weighted by Gasteiger charge is 2.26. The summed E-state index contributed by atoms with van der Waals surface area (Å²) in [5.74, 6) is -0.599. The van der Waals surface area contributed by atoms with Crippen LogP contribution in [0.3, 0.4) is 0 Å². The smallest absolute Gasteiger partial charge is 0.408 e. The molecule has 0 fully saturated rings. The molecule has 0 aliphatic carbocycles. The molecule has 7 heteroatoms. The number of hydrogen-bond donors (Lipinski definition) is 2. The van der Waals surface area contributed by atoms with E-state index in [1.54, 1.807) is 26.8 Å². The first kappa shape index (κ1) is 18.1. The predicted octanol–water partition coefficient (Wildman–Crippen LogP) is 2.65. The van der Waals surface area contributed by atoms with Gasteiger partial charge in [-0.05, 0) is 38.5 Å². The molecule has 0 saturated heterocycles. The molecule has 6 nitrogen and oxygen atoms in total. The molecule has 1 aromatic rings. The Balaban J connectivity index is 2.85. The molecule has 2 N–H and O–H groups in total. The fourth-order valence-corrected chi connectivity index (χ4v) is 1.96. The summed E-state index contributed by atoms with van der Waals surface area (Å²) in [6, 6.07) is 3.44. The lowest BCUT2D eigenvalue weighted by Crippen LogP contribution is -2.45. The molecule has 0 radical (unpaired) electrons. The highest BCUT2D eigenvalue weighted by molar-refractivity contribution is 6.31. The first-order valence-corrected chi connectivity index (χ1v) is 7.05. The topological polar surface area (TPSA) is 84.9 Å². The fraction of sp³-hybridized carbons (Fsp3) is 0.467. The van der Waals surface area contributed by atoms with Gasteiger partial charge in [0.15, 0.2) is 0 Å². The molecule has 0 saturated carbocycles. The van der Waals surface area contributed by atoms with Crippen LogP contribution >= 0.6 is 11.6 Å². The van der Waals surface area contributed by atoms with Gasteiger partial charge < -0.3 is 19.9 Å². The largest absolute Gasteiger partial charge is 0.508 e. The van der Waals surface area contributed by atoms with Crippen LogP contribution in [0.4, 0.5) is 4.79 Å². The van der Waals surface area contributed by atoms with Gasteiger partial charge in [0.1, 0.15) is 17.4 Å². The molecule has 1 atom stereocenters. The summed E-state index contributed by atoms with van der Waals surface area (Å²) in [6.07, 6.45) is -0.608. The van der Waals surface area contributed by atoms with Gasteiger partial charge in [0.25, 0.3) is 0 Å². The van der Waals surface area contributed by atoms with Gasteiger partial charge in [-0.25, -0.2) is 9.59 Å². The van der Waals surface area contributed by atoms with Crippen LogP contribution in [0, 0.1) is 0 Å². The standard InChI is InChI=1S/C15H20ClNO5/c1-15(2,3)22-14(20)17-12(13(19)21-4)7-9-5-6-10(18)8-11(9)16/h5-6,8,12,18H,7H2,1-4H3,(H,17,20). The molecule has 22 heavy (non-hydrogen) atoms. The molecule has 0 heterocycles. The van der Waals surface area contributed by atoms with Gasteiger partial charge >= 0.3 is 12.1 Å². The van der Waals surface area contributed by atoms with Crippen molar-refractivity contribution in [3.63, 3.8) is 0 Å². The highest BCUT2D eigenvalue weighted by Crippen LogP contribution is 2.23. The zero-order chi connectivity index (χ0) is 16.9. The number of carbonyl (C=O) groups excluding carboxylic acids is 2. The highest BCUT2D eigenvalue weighted by atomic mass is 35.5. The molecule has 0 aliphatic heterocycles. The van der Waals surface area contributed by atoms with Gasteiger partial charge in [-0.1, -0.05) is 17.7 Å². The number of esters is 1. The minimum atomic E-state index is -0.943. The Morgan fingerprint density at radius 2 is 2.00 bits per heavy atom. The van der Waals surface area contributed by atoms with Crippen molar-refractivity contribution in [2.75, 3.05) is 7.11 Å². The van der Waals surface area contributed by atoms with E-state index >= 15 is 0 Å². The van der Waals surface area contributed by atoms with Crippen LogP contribution in [-0.2, 0) is 20.7 Å². The van der Waals surface area contributed by atoms with E-state index in [0.29, 0.717) is 10.6 Å². The molecular weight excluding hydrogens is 310 g/mol. The zero-order valence-corrected chi connectivity index (χ0v) is 13.7. The second-order valence-electron chi connectivity index (χ2n) is 5.70. The van der Waals surface area contributed by atoms with E-state index in [4.69, 9.17) is 16.3 Å². The lowest BCUT2D eigenvalue weighted by molar-refractivity contribution is -0.143.